The largest absolute Gasteiger partial charge is 0.444 e. The van der Waals surface area contributed by atoms with Crippen molar-refractivity contribution in [3.63, 3.8) is 0 Å². The van der Waals surface area contributed by atoms with Crippen LogP contribution in [0, 0.1) is 5.82 Å². The molecule has 0 aliphatic heterocycles. The number of alkyl carbamates (subject to hydrolysis) is 1. The first-order valence-corrected chi connectivity index (χ1v) is 14.8. The second kappa shape index (κ2) is 12.9. The molecule has 1 amide bonds. The second-order valence-electron chi connectivity index (χ2n) is 10.1. The Morgan fingerprint density at radius 3 is 2.17 bits per heavy atom. The summed E-state index contributed by atoms with van der Waals surface area (Å²) in [7, 11) is -4.40. The molecule has 4 rings (SSSR count). The normalized spacial score (nSPS) is 12.1. The van der Waals surface area contributed by atoms with Crippen LogP contribution in [0.3, 0.4) is 0 Å². The van der Waals surface area contributed by atoms with Crippen molar-refractivity contribution in [2.45, 2.75) is 37.8 Å². The van der Waals surface area contributed by atoms with E-state index >= 15 is 0 Å². The summed E-state index contributed by atoms with van der Waals surface area (Å²) >= 11 is 12.2. The molecule has 0 saturated heterocycles. The Labute approximate surface area is 253 Å². The summed E-state index contributed by atoms with van der Waals surface area (Å²) < 4.78 is 48.6. The summed E-state index contributed by atoms with van der Waals surface area (Å²) in [5.41, 5.74) is 2.92. The van der Waals surface area contributed by atoms with Crippen LogP contribution in [-0.4, -0.2) is 31.1 Å². The molecule has 0 fully saturated rings. The third-order valence-electron chi connectivity index (χ3n) is 5.60. The van der Waals surface area contributed by atoms with Gasteiger partial charge in [-0.15, -0.1) is 4.40 Å². The van der Waals surface area contributed by atoms with Crippen molar-refractivity contribution in [3.05, 3.63) is 106 Å². The fraction of sp³-hybridized carbons (Fsp3) is 0.167. The highest BCUT2D eigenvalue weighted by Gasteiger charge is 2.21. The Balaban J connectivity index is 1.68. The molecule has 0 spiro atoms. The third-order valence-corrected chi connectivity index (χ3v) is 7.38. The first-order valence-electron chi connectivity index (χ1n) is 12.6. The molecule has 42 heavy (non-hydrogen) atoms. The zero-order valence-electron chi connectivity index (χ0n) is 22.9. The van der Waals surface area contributed by atoms with Crippen molar-refractivity contribution in [2.24, 2.45) is 4.40 Å². The number of hydrogen-bond donors (Lipinski definition) is 2. The van der Waals surface area contributed by atoms with Crippen LogP contribution in [0.4, 0.5) is 9.18 Å². The number of hydrogen-bond acceptors (Lipinski definition) is 5. The smallest absolute Gasteiger partial charge is 0.414 e. The van der Waals surface area contributed by atoms with E-state index in [1.54, 1.807) is 51.2 Å². The van der Waals surface area contributed by atoms with Crippen LogP contribution in [0.15, 0.2) is 94.4 Å². The average molecular weight is 630 g/mol. The van der Waals surface area contributed by atoms with Crippen LogP contribution in [-0.2, 0) is 21.3 Å². The number of halogens is 3. The van der Waals surface area contributed by atoms with Gasteiger partial charge in [0.15, 0.2) is 0 Å². The van der Waals surface area contributed by atoms with E-state index in [2.05, 4.69) is 20.0 Å². The molecule has 4 aromatic rings. The molecule has 8 nitrogen and oxygen atoms in total. The van der Waals surface area contributed by atoms with E-state index in [0.717, 1.165) is 28.8 Å². The molecular formula is C30H27Cl2FN4O4S. The minimum absolute atomic E-state index is 0.0157. The predicted octanol–water partition coefficient (Wildman–Crippen LogP) is 7.22. The molecule has 1 heterocycles. The molecule has 0 unspecified atom stereocenters. The number of rotatable bonds is 6. The Morgan fingerprint density at radius 2 is 1.57 bits per heavy atom. The molecule has 1 aromatic heterocycles. The van der Waals surface area contributed by atoms with E-state index in [4.69, 9.17) is 27.9 Å². The molecule has 3 aromatic carbocycles. The van der Waals surface area contributed by atoms with Gasteiger partial charge in [-0.2, -0.15) is 8.42 Å². The van der Waals surface area contributed by atoms with Crippen LogP contribution in [0.1, 0.15) is 26.3 Å². The minimum Gasteiger partial charge on any atom is -0.444 e. The molecule has 0 bridgehead atoms. The zero-order chi connectivity index (χ0) is 30.5. The number of nitrogens with zero attached hydrogens (tertiary/aromatic N) is 2. The Hall–Kier alpha value is -3.99. The maximum absolute atomic E-state index is 13.7. The van der Waals surface area contributed by atoms with Gasteiger partial charge in [0.2, 0.25) is 5.96 Å². The Bertz CT molecular complexity index is 1720. The molecule has 2 N–H and O–H groups in total. The molecule has 0 aliphatic carbocycles. The summed E-state index contributed by atoms with van der Waals surface area (Å²) in [6, 6.07) is 20.8. The molecule has 218 valence electrons. The number of amides is 1. The summed E-state index contributed by atoms with van der Waals surface area (Å²) in [5, 5.41) is 6.33. The fourth-order valence-corrected chi connectivity index (χ4v) is 5.00. The van der Waals surface area contributed by atoms with Gasteiger partial charge < -0.3 is 10.1 Å². The van der Waals surface area contributed by atoms with E-state index in [1.807, 2.05) is 30.3 Å². The van der Waals surface area contributed by atoms with E-state index in [9.17, 15) is 17.6 Å². The van der Waals surface area contributed by atoms with Gasteiger partial charge in [-0.25, -0.2) is 9.18 Å². The van der Waals surface area contributed by atoms with Crippen molar-refractivity contribution in [2.75, 3.05) is 0 Å². The van der Waals surface area contributed by atoms with Gasteiger partial charge in [-0.3, -0.25) is 10.3 Å². The second-order valence-corrected chi connectivity index (χ2v) is 12.6. The van der Waals surface area contributed by atoms with Crippen molar-refractivity contribution >= 4 is 45.3 Å². The average Bonchev–Trinajstić information content (AvgIpc) is 2.91. The van der Waals surface area contributed by atoms with Gasteiger partial charge in [-0.05, 0) is 80.4 Å². The number of aromatic nitrogens is 1. The van der Waals surface area contributed by atoms with Crippen LogP contribution in [0.25, 0.3) is 22.4 Å². The van der Waals surface area contributed by atoms with Crippen molar-refractivity contribution < 1.29 is 22.3 Å². The van der Waals surface area contributed by atoms with Crippen LogP contribution in [0.5, 0.6) is 0 Å². The van der Waals surface area contributed by atoms with Crippen molar-refractivity contribution in [3.8, 4) is 22.4 Å². The summed E-state index contributed by atoms with van der Waals surface area (Å²) in [5.74, 6) is -1.16. The van der Waals surface area contributed by atoms with Crippen molar-refractivity contribution in [1.82, 2.24) is 15.6 Å². The number of guanidine groups is 1. The van der Waals surface area contributed by atoms with Gasteiger partial charge in [0.25, 0.3) is 10.0 Å². The quantitative estimate of drug-likeness (QED) is 0.172. The SMILES string of the molecule is CC(C)(C)OC(=O)NC(=NS(=O)(=O)c1cccc(F)c1)NCc1cnc(-c2ccc(Cl)cc2)c(-c2ccc(Cl)cc2)c1. The van der Waals surface area contributed by atoms with Crippen LogP contribution in [0.2, 0.25) is 10.0 Å². The number of benzene rings is 3. The lowest BCUT2D eigenvalue weighted by Gasteiger charge is -2.20. The maximum atomic E-state index is 13.7. The predicted molar refractivity (Wildman–Crippen MR) is 162 cm³/mol. The molecule has 12 heteroatoms. The zero-order valence-corrected chi connectivity index (χ0v) is 25.2. The van der Waals surface area contributed by atoms with Crippen LogP contribution < -0.4 is 10.6 Å². The fourth-order valence-electron chi connectivity index (χ4n) is 3.78. The van der Waals surface area contributed by atoms with Crippen LogP contribution >= 0.6 is 23.2 Å². The lowest BCUT2D eigenvalue weighted by molar-refractivity contribution is 0.0561. The lowest BCUT2D eigenvalue weighted by Crippen LogP contribution is -2.43. The van der Waals surface area contributed by atoms with Crippen molar-refractivity contribution in [1.29, 1.82) is 0 Å². The highest BCUT2D eigenvalue weighted by atomic mass is 35.5. The number of nitrogens with one attached hydrogen (secondary N) is 2. The van der Waals surface area contributed by atoms with Gasteiger partial charge in [0, 0.05) is 33.9 Å². The van der Waals surface area contributed by atoms with Gasteiger partial charge in [0.1, 0.15) is 11.4 Å². The third kappa shape index (κ3) is 8.51. The molecule has 0 radical (unpaired) electrons. The minimum atomic E-state index is -4.40. The lowest BCUT2D eigenvalue weighted by atomic mass is 9.98. The van der Waals surface area contributed by atoms with E-state index < -0.39 is 33.5 Å². The topological polar surface area (TPSA) is 110 Å². The summed E-state index contributed by atoms with van der Waals surface area (Å²) in [4.78, 5) is 16.8. The number of carbonyl (C=O) groups is 1. The first-order chi connectivity index (χ1) is 19.8. The number of sulfonamides is 1. The highest BCUT2D eigenvalue weighted by molar-refractivity contribution is 7.90. The maximum Gasteiger partial charge on any atom is 0.414 e. The van der Waals surface area contributed by atoms with Gasteiger partial charge in [0.05, 0.1) is 10.6 Å². The van der Waals surface area contributed by atoms with E-state index in [1.165, 1.54) is 12.1 Å². The van der Waals surface area contributed by atoms with E-state index in [0.29, 0.717) is 21.3 Å². The van der Waals surface area contributed by atoms with Gasteiger partial charge in [-0.1, -0.05) is 53.5 Å². The molecule has 0 saturated carbocycles. The molecule has 0 aliphatic rings. The highest BCUT2D eigenvalue weighted by Crippen LogP contribution is 2.32. The summed E-state index contributed by atoms with van der Waals surface area (Å²) in [6.45, 7) is 4.99. The molecular weight excluding hydrogens is 602 g/mol. The number of ether oxygens (including phenoxy) is 1. The number of carbonyl (C=O) groups excluding carboxylic acids is 1. The monoisotopic (exact) mass is 628 g/mol. The number of pyridine rings is 1. The first kappa shape index (κ1) is 31.0. The Morgan fingerprint density at radius 1 is 0.952 bits per heavy atom. The summed E-state index contributed by atoms with van der Waals surface area (Å²) in [6.07, 6.45) is 0.684. The van der Waals surface area contributed by atoms with E-state index in [-0.39, 0.29) is 11.4 Å². The van der Waals surface area contributed by atoms with Gasteiger partial charge >= 0.3 is 6.09 Å². The Kier molecular flexibility index (Phi) is 9.50. The molecule has 0 atom stereocenters. The standard InChI is InChI=1S/C30H27Cl2FN4O4S/c1-30(2,3)41-29(38)36-28(37-42(39,40)25-6-4-5-24(33)16-25)35-18-19-15-26(20-7-11-22(31)12-8-20)27(34-17-19)21-9-13-23(32)14-10-21/h4-17H,18H2,1-3H3,(H2,35,36,37,38).